The van der Waals surface area contributed by atoms with Crippen LogP contribution in [0.25, 0.3) is 0 Å². The van der Waals surface area contributed by atoms with Gasteiger partial charge in [-0.25, -0.2) is 4.79 Å². The highest BCUT2D eigenvalue weighted by molar-refractivity contribution is 6.37. The van der Waals surface area contributed by atoms with E-state index in [1.165, 1.54) is 12.3 Å². The summed E-state index contributed by atoms with van der Waals surface area (Å²) in [5, 5.41) is 2.71. The number of hydrogen-bond donors (Lipinski definition) is 1. The van der Waals surface area contributed by atoms with Crippen LogP contribution >= 0.6 is 11.6 Å². The first-order valence-corrected chi connectivity index (χ1v) is 4.44. The molecule has 0 bridgehead atoms. The van der Waals surface area contributed by atoms with Crippen molar-refractivity contribution in [2.75, 3.05) is 12.4 Å². The fourth-order valence-corrected chi connectivity index (χ4v) is 1.02. The maximum atomic E-state index is 11.1. The molecule has 0 aliphatic carbocycles. The SMILES string of the molecule is COC(=O)C(=O)Nc1cnc(C)c(Cl)c1. The van der Waals surface area contributed by atoms with Crippen LogP contribution < -0.4 is 5.32 Å². The Morgan fingerprint density at radius 2 is 2.20 bits per heavy atom. The Kier molecular flexibility index (Phi) is 3.62. The van der Waals surface area contributed by atoms with Crippen molar-refractivity contribution < 1.29 is 14.3 Å². The molecule has 0 radical (unpaired) electrons. The van der Waals surface area contributed by atoms with Gasteiger partial charge in [-0.1, -0.05) is 11.6 Å². The number of nitrogens with one attached hydrogen (secondary N) is 1. The van der Waals surface area contributed by atoms with Gasteiger partial charge in [-0.2, -0.15) is 0 Å². The number of ether oxygens (including phenoxy) is 1. The second kappa shape index (κ2) is 4.75. The first-order chi connectivity index (χ1) is 7.04. The number of carbonyl (C=O) groups is 2. The lowest BCUT2D eigenvalue weighted by Crippen LogP contribution is -2.23. The normalized spacial score (nSPS) is 9.53. The summed E-state index contributed by atoms with van der Waals surface area (Å²) in [5.74, 6) is -1.83. The molecule has 0 fully saturated rings. The molecule has 0 aliphatic heterocycles. The molecule has 0 saturated carbocycles. The summed E-state index contributed by atoms with van der Waals surface area (Å²) in [6.45, 7) is 1.73. The number of anilines is 1. The third kappa shape index (κ3) is 2.92. The standard InChI is InChI=1S/C9H9ClN2O3/c1-5-7(10)3-6(4-11-5)12-8(13)9(14)15-2/h3-4H,1-2H3,(H,12,13). The quantitative estimate of drug-likeness (QED) is 0.579. The number of amides is 1. The van der Waals surface area contributed by atoms with Gasteiger partial charge in [-0.05, 0) is 13.0 Å². The second-order valence-electron chi connectivity index (χ2n) is 2.74. The van der Waals surface area contributed by atoms with Crippen LogP contribution in [0.1, 0.15) is 5.69 Å². The lowest BCUT2D eigenvalue weighted by Gasteiger charge is -2.04. The van der Waals surface area contributed by atoms with E-state index in [2.05, 4.69) is 15.0 Å². The van der Waals surface area contributed by atoms with Crippen LogP contribution in [0.15, 0.2) is 12.3 Å². The molecule has 0 aromatic carbocycles. The zero-order valence-electron chi connectivity index (χ0n) is 8.20. The highest BCUT2D eigenvalue weighted by atomic mass is 35.5. The summed E-state index contributed by atoms with van der Waals surface area (Å²) in [7, 11) is 1.13. The predicted octanol–water partition coefficient (Wildman–Crippen LogP) is 1.15. The largest absolute Gasteiger partial charge is 0.462 e. The van der Waals surface area contributed by atoms with Crippen LogP contribution in [-0.2, 0) is 14.3 Å². The van der Waals surface area contributed by atoms with E-state index in [0.29, 0.717) is 16.4 Å². The average molecular weight is 229 g/mol. The minimum absolute atomic E-state index is 0.348. The van der Waals surface area contributed by atoms with E-state index in [9.17, 15) is 9.59 Å². The van der Waals surface area contributed by atoms with Gasteiger partial charge < -0.3 is 10.1 Å². The maximum absolute atomic E-state index is 11.1. The van der Waals surface area contributed by atoms with Crippen molar-refractivity contribution in [3.8, 4) is 0 Å². The molecule has 1 heterocycles. The number of carbonyl (C=O) groups excluding carboxylic acids is 2. The van der Waals surface area contributed by atoms with Crippen LogP contribution in [-0.4, -0.2) is 24.0 Å². The van der Waals surface area contributed by atoms with Crippen molar-refractivity contribution in [3.63, 3.8) is 0 Å². The molecule has 1 rings (SSSR count). The van der Waals surface area contributed by atoms with E-state index in [1.807, 2.05) is 0 Å². The van der Waals surface area contributed by atoms with Gasteiger partial charge in [0.15, 0.2) is 0 Å². The predicted molar refractivity (Wildman–Crippen MR) is 54.6 cm³/mol. The highest BCUT2D eigenvalue weighted by Gasteiger charge is 2.14. The number of aromatic nitrogens is 1. The van der Waals surface area contributed by atoms with Crippen molar-refractivity contribution in [2.45, 2.75) is 6.92 Å². The van der Waals surface area contributed by atoms with E-state index in [0.717, 1.165) is 7.11 Å². The Morgan fingerprint density at radius 1 is 1.53 bits per heavy atom. The maximum Gasteiger partial charge on any atom is 0.396 e. The van der Waals surface area contributed by atoms with Gasteiger partial charge in [0.2, 0.25) is 0 Å². The van der Waals surface area contributed by atoms with Crippen molar-refractivity contribution in [1.82, 2.24) is 4.98 Å². The molecule has 1 N–H and O–H groups in total. The van der Waals surface area contributed by atoms with E-state index in [-0.39, 0.29) is 0 Å². The van der Waals surface area contributed by atoms with Crippen LogP contribution in [0.4, 0.5) is 5.69 Å². The van der Waals surface area contributed by atoms with Crippen molar-refractivity contribution in [2.24, 2.45) is 0 Å². The zero-order chi connectivity index (χ0) is 11.4. The summed E-state index contributed by atoms with van der Waals surface area (Å²) >= 11 is 5.78. The molecule has 6 heteroatoms. The molecule has 1 amide bonds. The third-order valence-electron chi connectivity index (χ3n) is 1.65. The Bertz CT molecular complexity index is 406. The van der Waals surface area contributed by atoms with Gasteiger partial charge in [-0.15, -0.1) is 0 Å². The molecule has 0 unspecified atom stereocenters. The number of rotatable bonds is 1. The Labute approximate surface area is 91.4 Å². The van der Waals surface area contributed by atoms with Gasteiger partial charge in [0.05, 0.1) is 29.7 Å². The molecule has 5 nitrogen and oxygen atoms in total. The number of aryl methyl sites for hydroxylation is 1. The molecule has 1 aromatic heterocycles. The summed E-state index contributed by atoms with van der Waals surface area (Å²) < 4.78 is 4.23. The molecule has 0 spiro atoms. The van der Waals surface area contributed by atoms with Crippen molar-refractivity contribution in [3.05, 3.63) is 23.0 Å². The first-order valence-electron chi connectivity index (χ1n) is 4.06. The van der Waals surface area contributed by atoms with Gasteiger partial charge in [0.1, 0.15) is 0 Å². The lowest BCUT2D eigenvalue weighted by molar-refractivity contribution is -0.150. The zero-order valence-corrected chi connectivity index (χ0v) is 8.96. The molecule has 0 atom stereocenters. The Hall–Kier alpha value is -1.62. The van der Waals surface area contributed by atoms with Gasteiger partial charge >= 0.3 is 11.9 Å². The summed E-state index contributed by atoms with van der Waals surface area (Å²) in [6, 6.07) is 1.50. The van der Waals surface area contributed by atoms with Crippen molar-refractivity contribution in [1.29, 1.82) is 0 Å². The van der Waals surface area contributed by atoms with E-state index in [1.54, 1.807) is 6.92 Å². The lowest BCUT2D eigenvalue weighted by atomic mass is 10.3. The molecular weight excluding hydrogens is 220 g/mol. The van der Waals surface area contributed by atoms with Crippen LogP contribution in [0.2, 0.25) is 5.02 Å². The summed E-state index contributed by atoms with van der Waals surface area (Å²) in [4.78, 5) is 25.8. The molecule has 0 aliphatic rings. The monoisotopic (exact) mass is 228 g/mol. The minimum Gasteiger partial charge on any atom is -0.462 e. The number of methoxy groups -OCH3 is 1. The Morgan fingerprint density at radius 3 is 2.73 bits per heavy atom. The van der Waals surface area contributed by atoms with Crippen LogP contribution in [0.3, 0.4) is 0 Å². The smallest absolute Gasteiger partial charge is 0.396 e. The van der Waals surface area contributed by atoms with Crippen molar-refractivity contribution >= 4 is 29.2 Å². The summed E-state index contributed by atoms with van der Waals surface area (Å²) in [6.07, 6.45) is 1.40. The van der Waals surface area contributed by atoms with E-state index >= 15 is 0 Å². The fraction of sp³-hybridized carbons (Fsp3) is 0.222. The number of hydrogen-bond acceptors (Lipinski definition) is 4. The highest BCUT2D eigenvalue weighted by Crippen LogP contribution is 2.17. The number of halogens is 1. The number of nitrogens with zero attached hydrogens (tertiary/aromatic N) is 1. The number of esters is 1. The van der Waals surface area contributed by atoms with Crippen LogP contribution in [0.5, 0.6) is 0 Å². The molecule has 0 saturated heterocycles. The third-order valence-corrected chi connectivity index (χ3v) is 2.04. The van der Waals surface area contributed by atoms with Gasteiger partial charge in [-0.3, -0.25) is 9.78 Å². The molecule has 15 heavy (non-hydrogen) atoms. The van der Waals surface area contributed by atoms with E-state index in [4.69, 9.17) is 11.6 Å². The molecular formula is C9H9ClN2O3. The minimum atomic E-state index is -0.966. The second-order valence-corrected chi connectivity index (χ2v) is 3.14. The topological polar surface area (TPSA) is 68.3 Å². The first kappa shape index (κ1) is 11.5. The average Bonchev–Trinajstić information content (AvgIpc) is 2.22. The number of pyridine rings is 1. The Balaban J connectivity index is 2.77. The van der Waals surface area contributed by atoms with Gasteiger partial charge in [0.25, 0.3) is 0 Å². The van der Waals surface area contributed by atoms with E-state index < -0.39 is 11.9 Å². The van der Waals surface area contributed by atoms with Gasteiger partial charge in [0, 0.05) is 0 Å². The molecule has 80 valence electrons. The molecule has 1 aromatic rings. The summed E-state index contributed by atoms with van der Waals surface area (Å²) in [5.41, 5.74) is 0.994. The fourth-order valence-electron chi connectivity index (χ4n) is 0.849. The van der Waals surface area contributed by atoms with Crippen LogP contribution in [0, 0.1) is 6.92 Å².